The molecule has 0 bridgehead atoms. The molecule has 2 aromatic carbocycles. The van der Waals surface area contributed by atoms with Crippen molar-refractivity contribution in [1.82, 2.24) is 10.2 Å². The van der Waals surface area contributed by atoms with Crippen molar-refractivity contribution in [1.29, 1.82) is 0 Å². The van der Waals surface area contributed by atoms with Gasteiger partial charge in [0.05, 0.1) is 8.48 Å². The molecule has 3 amide bonds. The summed E-state index contributed by atoms with van der Waals surface area (Å²) in [6.07, 6.45) is -0.0647. The minimum absolute atomic E-state index is 0.00438. The predicted octanol–water partition coefficient (Wildman–Crippen LogP) is 2.21. The summed E-state index contributed by atoms with van der Waals surface area (Å²) in [5, 5.41) is 5.28. The molecule has 2 aliphatic heterocycles. The van der Waals surface area contributed by atoms with E-state index in [1.54, 1.807) is 30.3 Å². The van der Waals surface area contributed by atoms with Gasteiger partial charge in [0.1, 0.15) is 6.02 Å². The molecule has 2 heterocycles. The van der Waals surface area contributed by atoms with E-state index >= 15 is 0 Å². The van der Waals surface area contributed by atoms with E-state index < -0.39 is 29.6 Å². The zero-order valence-corrected chi connectivity index (χ0v) is 15.8. The van der Waals surface area contributed by atoms with Crippen LogP contribution in [-0.2, 0) is 22.7 Å². The van der Waals surface area contributed by atoms with E-state index in [1.807, 2.05) is 0 Å². The van der Waals surface area contributed by atoms with Gasteiger partial charge in [-0.3, -0.25) is 19.7 Å². The fourth-order valence-electron chi connectivity index (χ4n) is 3.62. The van der Waals surface area contributed by atoms with Crippen LogP contribution in [0.5, 0.6) is 5.75 Å². The lowest BCUT2D eigenvalue weighted by molar-refractivity contribution is -0.136. The van der Waals surface area contributed by atoms with Crippen LogP contribution in [0.4, 0.5) is 10.1 Å². The zero-order chi connectivity index (χ0) is 21.5. The summed E-state index contributed by atoms with van der Waals surface area (Å²) in [5.41, 5.74) is 2.02. The number of imide groups is 1. The monoisotopic (exact) mass is 398 g/mol. The molecule has 2 N–H and O–H groups in total. The fourth-order valence-corrected chi connectivity index (χ4v) is 3.62. The van der Waals surface area contributed by atoms with E-state index in [1.165, 1.54) is 18.1 Å². The van der Waals surface area contributed by atoms with Crippen molar-refractivity contribution in [3.8, 4) is 5.75 Å². The van der Waals surface area contributed by atoms with Crippen LogP contribution in [-0.4, -0.2) is 35.7 Å². The largest absolute Gasteiger partial charge is 0.494 e. The van der Waals surface area contributed by atoms with Gasteiger partial charge in [-0.1, -0.05) is 18.2 Å². The number of fused-ring (bicyclic) bond motifs is 1. The van der Waals surface area contributed by atoms with Gasteiger partial charge in [-0.15, -0.1) is 0 Å². The van der Waals surface area contributed by atoms with Crippen molar-refractivity contribution < 1.29 is 24.9 Å². The standard InChI is InChI=1S/C21H20FN3O4/c1-29-17-7-2-4-12(19(17)22)10-23-15-6-3-5-13-14(15)11-25(21(13)28)16-8-9-18(26)24-20(16)27/h2-7,16,23H,8-11H2,1H3,(H,24,26,27)/i16D. The number of benzene rings is 2. The maximum Gasteiger partial charge on any atom is 0.255 e. The summed E-state index contributed by atoms with van der Waals surface area (Å²) in [4.78, 5) is 37.9. The lowest BCUT2D eigenvalue weighted by Crippen LogP contribution is -2.52. The maximum atomic E-state index is 14.4. The summed E-state index contributed by atoms with van der Waals surface area (Å²) < 4.78 is 28.0. The Bertz CT molecular complexity index is 1060. The molecule has 0 radical (unpaired) electrons. The number of amides is 3. The van der Waals surface area contributed by atoms with Crippen molar-refractivity contribution in [3.05, 3.63) is 58.9 Å². The Labute approximate surface area is 168 Å². The SMILES string of the molecule is [2H]C1(N2Cc3c(NCc4cccc(OC)c4F)cccc3C2=O)CCC(=O)NC1=O. The summed E-state index contributed by atoms with van der Waals surface area (Å²) in [6, 6.07) is 8.08. The minimum atomic E-state index is -1.85. The first-order valence-electron chi connectivity index (χ1n) is 9.68. The van der Waals surface area contributed by atoms with E-state index in [-0.39, 0.29) is 31.7 Å². The molecule has 1 saturated heterocycles. The van der Waals surface area contributed by atoms with Gasteiger partial charge in [0.25, 0.3) is 5.91 Å². The highest BCUT2D eigenvalue weighted by Crippen LogP contribution is 2.32. The van der Waals surface area contributed by atoms with Crippen LogP contribution in [0.25, 0.3) is 0 Å². The molecule has 8 heteroatoms. The lowest BCUT2D eigenvalue weighted by Gasteiger charge is -2.29. The number of carbonyl (C=O) groups is 3. The Kier molecular flexibility index (Phi) is 4.59. The Morgan fingerprint density at radius 2 is 2.07 bits per heavy atom. The fraction of sp³-hybridized carbons (Fsp3) is 0.286. The van der Waals surface area contributed by atoms with Crippen molar-refractivity contribution in [2.45, 2.75) is 31.9 Å². The molecule has 29 heavy (non-hydrogen) atoms. The highest BCUT2D eigenvalue weighted by molar-refractivity contribution is 6.06. The first-order valence-corrected chi connectivity index (χ1v) is 9.18. The van der Waals surface area contributed by atoms with Crippen LogP contribution >= 0.6 is 0 Å². The molecule has 0 aliphatic carbocycles. The third kappa shape index (κ3) is 3.41. The number of rotatable bonds is 5. The molecular weight excluding hydrogens is 377 g/mol. The number of nitrogens with one attached hydrogen (secondary N) is 2. The molecule has 0 aromatic heterocycles. The van der Waals surface area contributed by atoms with Gasteiger partial charge < -0.3 is 15.0 Å². The third-order valence-corrected chi connectivity index (χ3v) is 5.13. The average Bonchev–Trinajstić information content (AvgIpc) is 3.08. The van der Waals surface area contributed by atoms with Gasteiger partial charge in [-0.05, 0) is 24.6 Å². The Hall–Kier alpha value is -3.42. The van der Waals surface area contributed by atoms with Crippen LogP contribution in [0.15, 0.2) is 36.4 Å². The average molecular weight is 398 g/mol. The summed E-state index contributed by atoms with van der Waals surface area (Å²) in [5.74, 6) is -2.02. The number of hydrogen-bond acceptors (Lipinski definition) is 5. The second-order valence-corrected chi connectivity index (χ2v) is 6.83. The first-order chi connectivity index (χ1) is 14.3. The van der Waals surface area contributed by atoms with Gasteiger partial charge in [-0.25, -0.2) is 4.39 Å². The summed E-state index contributed by atoms with van der Waals surface area (Å²) >= 11 is 0. The van der Waals surface area contributed by atoms with Crippen LogP contribution in [0, 0.1) is 5.82 Å². The molecule has 4 rings (SSSR count). The number of nitrogens with zero attached hydrogens (tertiary/aromatic N) is 1. The van der Waals surface area contributed by atoms with Crippen LogP contribution in [0.3, 0.4) is 0 Å². The molecule has 2 aromatic rings. The topological polar surface area (TPSA) is 87.7 Å². The van der Waals surface area contributed by atoms with Crippen molar-refractivity contribution in [2.24, 2.45) is 0 Å². The lowest BCUT2D eigenvalue weighted by atomic mass is 10.0. The minimum Gasteiger partial charge on any atom is -0.494 e. The molecule has 0 saturated carbocycles. The van der Waals surface area contributed by atoms with E-state index in [0.717, 1.165) is 0 Å². The summed E-state index contributed by atoms with van der Waals surface area (Å²) in [7, 11) is 1.39. The molecule has 2 aliphatic rings. The van der Waals surface area contributed by atoms with E-state index in [9.17, 15) is 18.8 Å². The number of carbonyl (C=O) groups excluding carboxylic acids is 3. The van der Waals surface area contributed by atoms with Crippen molar-refractivity contribution >= 4 is 23.4 Å². The molecule has 150 valence electrons. The van der Waals surface area contributed by atoms with Crippen molar-refractivity contribution in [2.75, 3.05) is 12.4 Å². The highest BCUT2D eigenvalue weighted by Gasteiger charge is 2.39. The van der Waals surface area contributed by atoms with E-state index in [4.69, 9.17) is 6.11 Å². The van der Waals surface area contributed by atoms with Crippen LogP contribution < -0.4 is 15.4 Å². The van der Waals surface area contributed by atoms with Crippen LogP contribution in [0.2, 0.25) is 0 Å². The predicted molar refractivity (Wildman–Crippen MR) is 103 cm³/mol. The number of methoxy groups -OCH3 is 1. The Morgan fingerprint density at radius 3 is 2.83 bits per heavy atom. The van der Waals surface area contributed by atoms with Crippen molar-refractivity contribution in [3.63, 3.8) is 0 Å². The molecule has 1 unspecified atom stereocenters. The number of piperidine rings is 1. The molecule has 7 nitrogen and oxygen atoms in total. The maximum absolute atomic E-state index is 14.4. The highest BCUT2D eigenvalue weighted by atomic mass is 19.1. The molecular formula is C21H20FN3O4. The summed E-state index contributed by atoms with van der Waals surface area (Å²) in [6.45, 7) is 0.206. The number of hydrogen-bond donors (Lipinski definition) is 2. The van der Waals surface area contributed by atoms with E-state index in [2.05, 4.69) is 10.6 Å². The molecule has 1 fully saturated rings. The zero-order valence-electron chi connectivity index (χ0n) is 16.8. The normalized spacial score (nSPS) is 21.5. The van der Waals surface area contributed by atoms with Gasteiger partial charge >= 0.3 is 0 Å². The first kappa shape index (κ1) is 17.7. The third-order valence-electron chi connectivity index (χ3n) is 5.13. The smallest absolute Gasteiger partial charge is 0.255 e. The van der Waals surface area contributed by atoms with Crippen LogP contribution in [0.1, 0.15) is 35.7 Å². The number of halogens is 1. The van der Waals surface area contributed by atoms with Gasteiger partial charge in [0.2, 0.25) is 11.8 Å². The second-order valence-electron chi connectivity index (χ2n) is 6.83. The molecule has 1 atom stereocenters. The van der Waals surface area contributed by atoms with Gasteiger partial charge in [0.15, 0.2) is 11.6 Å². The molecule has 0 spiro atoms. The Morgan fingerprint density at radius 1 is 1.28 bits per heavy atom. The number of anilines is 1. The Balaban J connectivity index is 1.58. The second kappa shape index (κ2) is 7.54. The number of ether oxygens (including phenoxy) is 1. The van der Waals surface area contributed by atoms with Gasteiger partial charge in [0, 0.05) is 41.9 Å². The van der Waals surface area contributed by atoms with Gasteiger partial charge in [-0.2, -0.15) is 0 Å². The van der Waals surface area contributed by atoms with E-state index in [0.29, 0.717) is 22.4 Å². The quantitative estimate of drug-likeness (QED) is 0.754.